The lowest BCUT2D eigenvalue weighted by Gasteiger charge is -2.21. The molecule has 0 N–H and O–H groups in total. The van der Waals surface area contributed by atoms with Crippen molar-refractivity contribution in [1.82, 2.24) is 14.8 Å². The molecule has 1 saturated carbocycles. The summed E-state index contributed by atoms with van der Waals surface area (Å²) in [6, 6.07) is 10.8. The van der Waals surface area contributed by atoms with Crippen LogP contribution in [0.4, 0.5) is 0 Å². The first-order valence-corrected chi connectivity index (χ1v) is 6.02. The molecule has 1 aromatic heterocycles. The van der Waals surface area contributed by atoms with E-state index >= 15 is 0 Å². The minimum absolute atomic E-state index is 0.247. The normalized spacial score (nSPS) is 25.8. The quantitative estimate of drug-likeness (QED) is 0.807. The number of hydrogen-bond acceptors (Lipinski definition) is 2. The second-order valence-corrected chi connectivity index (χ2v) is 5.64. The molecule has 0 amide bonds. The van der Waals surface area contributed by atoms with Crippen molar-refractivity contribution in [2.24, 2.45) is 5.41 Å². The molecule has 88 valence electrons. The Hall–Kier alpha value is -1.64. The number of aromatic nitrogens is 3. The number of nitrogens with zero attached hydrogens (tertiary/aromatic N) is 3. The van der Waals surface area contributed by atoms with Gasteiger partial charge in [-0.2, -0.15) is 0 Å². The van der Waals surface area contributed by atoms with E-state index in [-0.39, 0.29) is 5.41 Å². The Balaban J connectivity index is 1.96. The molecule has 17 heavy (non-hydrogen) atoms. The third-order valence-electron chi connectivity index (χ3n) is 4.16. The van der Waals surface area contributed by atoms with Crippen molar-refractivity contribution >= 4 is 0 Å². The Morgan fingerprint density at radius 2 is 1.71 bits per heavy atom. The lowest BCUT2D eigenvalue weighted by Crippen LogP contribution is -2.21. The average Bonchev–Trinajstić information content (AvgIpc) is 2.68. The fourth-order valence-electron chi connectivity index (χ4n) is 2.94. The largest absolute Gasteiger partial charge is 0.319 e. The highest BCUT2D eigenvalue weighted by molar-refractivity contribution is 5.36. The molecule has 0 bridgehead atoms. The van der Waals surface area contributed by atoms with Crippen molar-refractivity contribution in [3.63, 3.8) is 0 Å². The standard InChI is InChI=1S/C14H17N3/c1-13(2)8-14(13,9-17-10-15-16-11-17)12-6-4-3-5-7-12/h3-7,10-11H,8-9H2,1-2H3/t14-/m0/s1. The molecule has 3 rings (SSSR count). The van der Waals surface area contributed by atoms with Gasteiger partial charge < -0.3 is 4.57 Å². The van der Waals surface area contributed by atoms with Gasteiger partial charge in [-0.25, -0.2) is 0 Å². The lowest BCUT2D eigenvalue weighted by atomic mass is 9.88. The predicted octanol–water partition coefficient (Wildman–Crippen LogP) is 2.65. The molecule has 1 atom stereocenters. The second kappa shape index (κ2) is 3.42. The molecule has 1 fully saturated rings. The van der Waals surface area contributed by atoms with E-state index in [0.717, 1.165) is 6.54 Å². The maximum absolute atomic E-state index is 3.89. The van der Waals surface area contributed by atoms with Crippen molar-refractivity contribution in [3.8, 4) is 0 Å². The summed E-state index contributed by atoms with van der Waals surface area (Å²) in [5.74, 6) is 0. The van der Waals surface area contributed by atoms with Crippen LogP contribution in [0.15, 0.2) is 43.0 Å². The monoisotopic (exact) mass is 227 g/mol. The van der Waals surface area contributed by atoms with E-state index in [2.05, 4.69) is 58.9 Å². The molecule has 1 aliphatic carbocycles. The van der Waals surface area contributed by atoms with E-state index in [9.17, 15) is 0 Å². The summed E-state index contributed by atoms with van der Waals surface area (Å²) >= 11 is 0. The average molecular weight is 227 g/mol. The van der Waals surface area contributed by atoms with E-state index in [1.807, 2.05) is 0 Å². The van der Waals surface area contributed by atoms with Crippen molar-refractivity contribution in [3.05, 3.63) is 48.5 Å². The van der Waals surface area contributed by atoms with Gasteiger partial charge in [0.1, 0.15) is 12.7 Å². The van der Waals surface area contributed by atoms with Gasteiger partial charge in [-0.15, -0.1) is 10.2 Å². The van der Waals surface area contributed by atoms with Crippen LogP contribution in [0.5, 0.6) is 0 Å². The van der Waals surface area contributed by atoms with Crippen LogP contribution in [0, 0.1) is 5.41 Å². The fraction of sp³-hybridized carbons (Fsp3) is 0.429. The van der Waals surface area contributed by atoms with Crippen LogP contribution in [0.3, 0.4) is 0 Å². The number of benzene rings is 1. The first-order valence-electron chi connectivity index (χ1n) is 6.02. The number of hydrogen-bond donors (Lipinski definition) is 0. The summed E-state index contributed by atoms with van der Waals surface area (Å²) in [7, 11) is 0. The van der Waals surface area contributed by atoms with Crippen LogP contribution in [0.25, 0.3) is 0 Å². The minimum Gasteiger partial charge on any atom is -0.319 e. The molecule has 0 aliphatic heterocycles. The zero-order chi connectivity index (χ0) is 11.9. The zero-order valence-corrected chi connectivity index (χ0v) is 10.3. The van der Waals surface area contributed by atoms with Crippen LogP contribution in [0.2, 0.25) is 0 Å². The highest BCUT2D eigenvalue weighted by Gasteiger charge is 2.61. The van der Waals surface area contributed by atoms with Gasteiger partial charge in [0.15, 0.2) is 0 Å². The predicted molar refractivity (Wildman–Crippen MR) is 66.5 cm³/mol. The Bertz CT molecular complexity index is 502. The zero-order valence-electron chi connectivity index (χ0n) is 10.3. The highest BCUT2D eigenvalue weighted by Crippen LogP contribution is 2.65. The highest BCUT2D eigenvalue weighted by atomic mass is 15.2. The van der Waals surface area contributed by atoms with Gasteiger partial charge in [0.25, 0.3) is 0 Å². The third kappa shape index (κ3) is 1.57. The summed E-state index contributed by atoms with van der Waals surface area (Å²) in [6.07, 6.45) is 4.83. The SMILES string of the molecule is CC1(C)C[C@]1(Cn1cnnc1)c1ccccc1. The molecule has 1 aromatic carbocycles. The van der Waals surface area contributed by atoms with Gasteiger partial charge in [0, 0.05) is 12.0 Å². The molecule has 2 aromatic rings. The second-order valence-electron chi connectivity index (χ2n) is 5.64. The Labute approximate surface area is 101 Å². The van der Waals surface area contributed by atoms with E-state index in [4.69, 9.17) is 0 Å². The molecule has 0 radical (unpaired) electrons. The fourth-order valence-corrected chi connectivity index (χ4v) is 2.94. The van der Waals surface area contributed by atoms with Crippen LogP contribution >= 0.6 is 0 Å². The third-order valence-corrected chi connectivity index (χ3v) is 4.16. The molecule has 0 unspecified atom stereocenters. The minimum atomic E-state index is 0.247. The van der Waals surface area contributed by atoms with E-state index in [0.29, 0.717) is 5.41 Å². The summed E-state index contributed by atoms with van der Waals surface area (Å²) in [5, 5.41) is 7.78. The van der Waals surface area contributed by atoms with Crippen LogP contribution in [0.1, 0.15) is 25.8 Å². The van der Waals surface area contributed by atoms with Crippen LogP contribution < -0.4 is 0 Å². The molecule has 1 aliphatic rings. The van der Waals surface area contributed by atoms with Crippen LogP contribution in [-0.4, -0.2) is 14.8 Å². The van der Waals surface area contributed by atoms with Gasteiger partial charge in [-0.05, 0) is 17.4 Å². The summed E-state index contributed by atoms with van der Waals surface area (Å²) < 4.78 is 2.09. The summed E-state index contributed by atoms with van der Waals surface area (Å²) in [6.45, 7) is 5.64. The van der Waals surface area contributed by atoms with Gasteiger partial charge in [0.2, 0.25) is 0 Å². The molecule has 3 heteroatoms. The van der Waals surface area contributed by atoms with Crippen molar-refractivity contribution < 1.29 is 0 Å². The van der Waals surface area contributed by atoms with Crippen molar-refractivity contribution in [1.29, 1.82) is 0 Å². The Kier molecular flexibility index (Phi) is 2.12. The van der Waals surface area contributed by atoms with Crippen LogP contribution in [-0.2, 0) is 12.0 Å². The summed E-state index contributed by atoms with van der Waals surface area (Å²) in [4.78, 5) is 0. The molecule has 0 spiro atoms. The molecule has 3 nitrogen and oxygen atoms in total. The first-order chi connectivity index (χ1) is 8.14. The van der Waals surface area contributed by atoms with Gasteiger partial charge in [-0.1, -0.05) is 44.2 Å². The van der Waals surface area contributed by atoms with Gasteiger partial charge in [0.05, 0.1) is 0 Å². The summed E-state index contributed by atoms with van der Waals surface area (Å²) in [5.41, 5.74) is 2.04. The van der Waals surface area contributed by atoms with E-state index < -0.39 is 0 Å². The molecule has 0 saturated heterocycles. The van der Waals surface area contributed by atoms with E-state index in [1.165, 1.54) is 12.0 Å². The first kappa shape index (κ1) is 10.5. The van der Waals surface area contributed by atoms with Crippen molar-refractivity contribution in [2.45, 2.75) is 32.2 Å². The van der Waals surface area contributed by atoms with Gasteiger partial charge in [-0.3, -0.25) is 0 Å². The molecular formula is C14H17N3. The topological polar surface area (TPSA) is 30.7 Å². The molecule has 1 heterocycles. The Morgan fingerprint density at radius 1 is 1.12 bits per heavy atom. The van der Waals surface area contributed by atoms with E-state index in [1.54, 1.807) is 12.7 Å². The smallest absolute Gasteiger partial charge is 0.119 e. The Morgan fingerprint density at radius 3 is 2.24 bits per heavy atom. The van der Waals surface area contributed by atoms with Gasteiger partial charge >= 0.3 is 0 Å². The molecular weight excluding hydrogens is 210 g/mol. The maximum atomic E-state index is 3.89. The maximum Gasteiger partial charge on any atom is 0.119 e. The lowest BCUT2D eigenvalue weighted by molar-refractivity contribution is 0.433. The number of rotatable bonds is 3. The van der Waals surface area contributed by atoms with Crippen molar-refractivity contribution in [2.75, 3.05) is 0 Å².